The second-order valence-electron chi connectivity index (χ2n) is 5.06. The lowest BCUT2D eigenvalue weighted by molar-refractivity contribution is 0.00511. The molecule has 0 bridgehead atoms. The third-order valence-electron chi connectivity index (χ3n) is 3.80. The molecule has 0 radical (unpaired) electrons. The lowest BCUT2D eigenvalue weighted by Gasteiger charge is -2.34. The van der Waals surface area contributed by atoms with Crippen LogP contribution in [0.15, 0.2) is 36.4 Å². The minimum atomic E-state index is -0.147. The summed E-state index contributed by atoms with van der Waals surface area (Å²) in [7, 11) is 0. The van der Waals surface area contributed by atoms with Crippen LogP contribution in [0.3, 0.4) is 0 Å². The molecule has 3 rings (SSSR count). The Morgan fingerprint density at radius 3 is 2.95 bits per heavy atom. The van der Waals surface area contributed by atoms with E-state index < -0.39 is 0 Å². The number of benzene rings is 2. The Balaban J connectivity index is 1.99. The Hall–Kier alpha value is -1.59. The highest BCUT2D eigenvalue weighted by atomic mass is 79.9. The number of fused-ring (bicyclic) bond motifs is 1. The molecule has 0 aromatic heterocycles. The predicted octanol–water partition coefficient (Wildman–Crippen LogP) is 2.78. The number of phenolic OH excluding ortho intramolecular Hbond substituents is 1. The summed E-state index contributed by atoms with van der Waals surface area (Å²) in [6.07, 6.45) is 0. The molecule has 2 aromatic carbocycles. The third kappa shape index (κ3) is 2.63. The van der Waals surface area contributed by atoms with Gasteiger partial charge in [-0.25, -0.2) is 0 Å². The van der Waals surface area contributed by atoms with Gasteiger partial charge in [0, 0.05) is 17.3 Å². The number of morpholine rings is 1. The van der Waals surface area contributed by atoms with Crippen molar-refractivity contribution >= 4 is 32.6 Å². The van der Waals surface area contributed by atoms with Crippen LogP contribution in [-0.4, -0.2) is 47.0 Å². The lowest BCUT2D eigenvalue weighted by atomic mass is 10.0. The molecule has 110 valence electrons. The highest BCUT2D eigenvalue weighted by molar-refractivity contribution is 9.09. The highest BCUT2D eigenvalue weighted by Gasteiger charge is 2.29. The largest absolute Gasteiger partial charge is 0.506 e. The first-order valence-corrected chi connectivity index (χ1v) is 8.00. The van der Waals surface area contributed by atoms with E-state index in [0.29, 0.717) is 36.0 Å². The number of aromatic hydroxyl groups is 1. The van der Waals surface area contributed by atoms with Gasteiger partial charge in [-0.2, -0.15) is 0 Å². The number of carbonyl (C=O) groups excluding carboxylic acids is 1. The molecule has 1 aliphatic heterocycles. The lowest BCUT2D eigenvalue weighted by Crippen LogP contribution is -2.49. The molecule has 1 heterocycles. The van der Waals surface area contributed by atoms with Crippen LogP contribution in [0.5, 0.6) is 5.75 Å². The average molecular weight is 350 g/mol. The Labute approximate surface area is 131 Å². The van der Waals surface area contributed by atoms with Gasteiger partial charge in [0.05, 0.1) is 24.8 Å². The average Bonchev–Trinajstić information content (AvgIpc) is 2.55. The van der Waals surface area contributed by atoms with Crippen LogP contribution >= 0.6 is 15.9 Å². The molecule has 1 unspecified atom stereocenters. The maximum atomic E-state index is 12.7. The molecule has 5 heteroatoms. The Morgan fingerprint density at radius 1 is 1.33 bits per heavy atom. The van der Waals surface area contributed by atoms with E-state index >= 15 is 0 Å². The van der Waals surface area contributed by atoms with Crippen LogP contribution in [0, 0.1) is 0 Å². The molecule has 1 amide bonds. The van der Waals surface area contributed by atoms with E-state index in [-0.39, 0.29) is 17.7 Å². The maximum absolute atomic E-state index is 12.7. The van der Waals surface area contributed by atoms with Crippen molar-refractivity contribution < 1.29 is 14.6 Å². The number of nitrogens with zero attached hydrogens (tertiary/aromatic N) is 1. The van der Waals surface area contributed by atoms with Gasteiger partial charge in [-0.15, -0.1) is 0 Å². The molecule has 1 N–H and O–H groups in total. The van der Waals surface area contributed by atoms with Crippen molar-refractivity contribution in [2.45, 2.75) is 6.04 Å². The molecule has 0 spiro atoms. The molecule has 2 aromatic rings. The van der Waals surface area contributed by atoms with Gasteiger partial charge < -0.3 is 14.7 Å². The molecular formula is C16H16BrNO3. The second kappa shape index (κ2) is 6.03. The summed E-state index contributed by atoms with van der Waals surface area (Å²) in [6.45, 7) is 1.59. The van der Waals surface area contributed by atoms with Crippen molar-refractivity contribution in [3.63, 3.8) is 0 Å². The van der Waals surface area contributed by atoms with E-state index in [9.17, 15) is 9.90 Å². The quantitative estimate of drug-likeness (QED) is 0.848. The summed E-state index contributed by atoms with van der Waals surface area (Å²) < 4.78 is 5.40. The van der Waals surface area contributed by atoms with Gasteiger partial charge in [0.2, 0.25) is 0 Å². The Morgan fingerprint density at radius 2 is 2.14 bits per heavy atom. The summed E-state index contributed by atoms with van der Waals surface area (Å²) >= 11 is 3.41. The van der Waals surface area contributed by atoms with Crippen LogP contribution in [0.1, 0.15) is 10.4 Å². The number of halogens is 1. The van der Waals surface area contributed by atoms with Gasteiger partial charge in [-0.05, 0) is 11.5 Å². The van der Waals surface area contributed by atoms with Crippen molar-refractivity contribution in [1.29, 1.82) is 0 Å². The number of hydrogen-bond acceptors (Lipinski definition) is 3. The first kappa shape index (κ1) is 14.4. The number of carbonyl (C=O) groups is 1. The molecule has 0 saturated carbocycles. The first-order valence-electron chi connectivity index (χ1n) is 6.87. The fourth-order valence-electron chi connectivity index (χ4n) is 2.63. The van der Waals surface area contributed by atoms with Gasteiger partial charge in [0.15, 0.2) is 0 Å². The third-order valence-corrected chi connectivity index (χ3v) is 4.54. The summed E-state index contributed by atoms with van der Waals surface area (Å²) in [5.74, 6) is -0.0936. The second-order valence-corrected chi connectivity index (χ2v) is 5.71. The van der Waals surface area contributed by atoms with Gasteiger partial charge in [0.1, 0.15) is 5.75 Å². The van der Waals surface area contributed by atoms with Gasteiger partial charge in [-0.1, -0.05) is 46.3 Å². The van der Waals surface area contributed by atoms with Crippen molar-refractivity contribution in [3.8, 4) is 5.75 Å². The molecular weight excluding hydrogens is 334 g/mol. The molecule has 0 aliphatic carbocycles. The Kier molecular flexibility index (Phi) is 4.12. The summed E-state index contributed by atoms with van der Waals surface area (Å²) in [6, 6.07) is 11.1. The fourth-order valence-corrected chi connectivity index (χ4v) is 3.17. The number of hydrogen-bond donors (Lipinski definition) is 1. The predicted molar refractivity (Wildman–Crippen MR) is 85.1 cm³/mol. The van der Waals surface area contributed by atoms with Crippen molar-refractivity contribution in [2.75, 3.05) is 25.1 Å². The smallest absolute Gasteiger partial charge is 0.258 e. The van der Waals surface area contributed by atoms with Crippen LogP contribution < -0.4 is 0 Å². The maximum Gasteiger partial charge on any atom is 0.258 e. The van der Waals surface area contributed by atoms with Crippen LogP contribution in [0.4, 0.5) is 0 Å². The number of rotatable bonds is 2. The normalized spacial score (nSPS) is 18.9. The van der Waals surface area contributed by atoms with E-state index in [1.54, 1.807) is 11.0 Å². The van der Waals surface area contributed by atoms with Crippen LogP contribution in [0.25, 0.3) is 10.8 Å². The number of phenols is 1. The minimum Gasteiger partial charge on any atom is -0.506 e. The topological polar surface area (TPSA) is 49.8 Å². The number of amides is 1. The summed E-state index contributed by atoms with van der Waals surface area (Å²) in [5, 5.41) is 12.7. The van der Waals surface area contributed by atoms with Crippen molar-refractivity contribution in [2.24, 2.45) is 0 Å². The molecule has 1 aliphatic rings. The Bertz CT molecular complexity index is 674. The van der Waals surface area contributed by atoms with Gasteiger partial charge >= 0.3 is 0 Å². The van der Waals surface area contributed by atoms with Gasteiger partial charge in [-0.3, -0.25) is 4.79 Å². The molecule has 1 fully saturated rings. The SMILES string of the molecule is O=C(c1ccc2ccccc2c1O)N1CCOCC1CBr. The summed E-state index contributed by atoms with van der Waals surface area (Å²) in [5.41, 5.74) is 0.349. The monoisotopic (exact) mass is 349 g/mol. The molecule has 4 nitrogen and oxygen atoms in total. The van der Waals surface area contributed by atoms with Gasteiger partial charge in [0.25, 0.3) is 5.91 Å². The zero-order chi connectivity index (χ0) is 14.8. The molecule has 1 atom stereocenters. The zero-order valence-electron chi connectivity index (χ0n) is 11.5. The van der Waals surface area contributed by atoms with Crippen molar-refractivity contribution in [1.82, 2.24) is 4.90 Å². The van der Waals surface area contributed by atoms with Crippen LogP contribution in [-0.2, 0) is 4.74 Å². The van der Waals surface area contributed by atoms with E-state index in [2.05, 4.69) is 15.9 Å². The highest BCUT2D eigenvalue weighted by Crippen LogP contribution is 2.30. The number of alkyl halides is 1. The summed E-state index contributed by atoms with van der Waals surface area (Å²) in [4.78, 5) is 14.5. The molecule has 21 heavy (non-hydrogen) atoms. The van der Waals surface area contributed by atoms with E-state index in [1.165, 1.54) is 0 Å². The van der Waals surface area contributed by atoms with Crippen LogP contribution in [0.2, 0.25) is 0 Å². The standard InChI is InChI=1S/C16H16BrNO3/c17-9-12-10-21-8-7-18(12)16(20)14-6-5-11-3-1-2-4-13(11)15(14)19/h1-6,12,19H,7-10H2. The minimum absolute atomic E-state index is 0.00267. The van der Waals surface area contributed by atoms with E-state index in [1.807, 2.05) is 30.3 Å². The van der Waals surface area contributed by atoms with Crippen molar-refractivity contribution in [3.05, 3.63) is 42.0 Å². The van der Waals surface area contributed by atoms with E-state index in [4.69, 9.17) is 4.74 Å². The zero-order valence-corrected chi connectivity index (χ0v) is 13.0. The van der Waals surface area contributed by atoms with E-state index in [0.717, 1.165) is 5.39 Å². The fraction of sp³-hybridized carbons (Fsp3) is 0.312. The molecule has 1 saturated heterocycles. The first-order chi connectivity index (χ1) is 10.2. The number of ether oxygens (including phenoxy) is 1.